The molecule has 7 heteroatoms. The first kappa shape index (κ1) is 12.3. The lowest BCUT2D eigenvalue weighted by molar-refractivity contribution is 0.0529. The molecule has 0 aliphatic heterocycles. The van der Waals surface area contributed by atoms with Crippen molar-refractivity contribution >= 4 is 22.7 Å². The lowest BCUT2D eigenvalue weighted by Gasteiger charge is -2.02. The number of carbonyl (C=O) groups is 1. The van der Waals surface area contributed by atoms with Gasteiger partial charge in [0.1, 0.15) is 17.2 Å². The number of H-pyrrole nitrogens is 1. The highest BCUT2D eigenvalue weighted by atomic mass is 19.2. The van der Waals surface area contributed by atoms with Crippen molar-refractivity contribution in [2.24, 2.45) is 0 Å². The van der Waals surface area contributed by atoms with Gasteiger partial charge >= 0.3 is 5.97 Å². The zero-order valence-electron chi connectivity index (χ0n) is 9.31. The molecule has 0 bridgehead atoms. The number of hydrogen-bond donors (Lipinski definition) is 2. The highest BCUT2D eigenvalue weighted by Gasteiger charge is 2.24. The van der Waals surface area contributed by atoms with Gasteiger partial charge < -0.3 is 15.5 Å². The molecule has 96 valence electrons. The van der Waals surface area contributed by atoms with Crippen LogP contribution in [-0.2, 0) is 4.74 Å². The molecule has 0 aliphatic rings. The summed E-state index contributed by atoms with van der Waals surface area (Å²) < 4.78 is 44.7. The normalized spacial score (nSPS) is 10.9. The summed E-state index contributed by atoms with van der Waals surface area (Å²) in [5.74, 6) is -4.91. The number of nitrogens with one attached hydrogen (secondary N) is 1. The Labute approximate surface area is 99.5 Å². The van der Waals surface area contributed by atoms with Gasteiger partial charge in [-0.25, -0.2) is 18.0 Å². The van der Waals surface area contributed by atoms with Crippen LogP contribution in [0, 0.1) is 17.5 Å². The molecule has 0 aliphatic carbocycles. The fourth-order valence-corrected chi connectivity index (χ4v) is 1.70. The molecular formula is C11H9F3N2O2. The van der Waals surface area contributed by atoms with Gasteiger partial charge in [0.25, 0.3) is 0 Å². The van der Waals surface area contributed by atoms with Crippen molar-refractivity contribution in [3.05, 3.63) is 29.1 Å². The predicted octanol–water partition coefficient (Wildman–Crippen LogP) is 2.34. The molecule has 0 fully saturated rings. The van der Waals surface area contributed by atoms with E-state index >= 15 is 0 Å². The van der Waals surface area contributed by atoms with Crippen molar-refractivity contribution in [3.8, 4) is 0 Å². The van der Waals surface area contributed by atoms with Crippen molar-refractivity contribution in [2.45, 2.75) is 6.92 Å². The van der Waals surface area contributed by atoms with Gasteiger partial charge in [-0.2, -0.15) is 0 Å². The Hall–Kier alpha value is -2.18. The number of esters is 1. The van der Waals surface area contributed by atoms with Crippen LogP contribution in [0.5, 0.6) is 0 Å². The summed E-state index contributed by atoms with van der Waals surface area (Å²) >= 11 is 0. The standard InChI is InChI=1S/C11H9F3N2O2/c1-2-18-11(17)7-6-4(12)3-5(13)8(14)9(6)16-10(7)15/h3,16H,2,15H2,1H3. The summed E-state index contributed by atoms with van der Waals surface area (Å²) in [5, 5.41) is -0.412. The third-order valence-electron chi connectivity index (χ3n) is 2.43. The van der Waals surface area contributed by atoms with Crippen LogP contribution in [0.1, 0.15) is 17.3 Å². The Morgan fingerprint density at radius 2 is 2.06 bits per heavy atom. The summed E-state index contributed by atoms with van der Waals surface area (Å²) in [6.45, 7) is 1.61. The summed E-state index contributed by atoms with van der Waals surface area (Å²) in [7, 11) is 0. The summed E-state index contributed by atoms with van der Waals surface area (Å²) in [5.41, 5.74) is 4.64. The molecule has 0 atom stereocenters. The molecule has 2 rings (SSSR count). The summed E-state index contributed by atoms with van der Waals surface area (Å²) in [4.78, 5) is 13.8. The predicted molar refractivity (Wildman–Crippen MR) is 58.5 cm³/mol. The number of nitrogen functional groups attached to an aromatic ring is 1. The first-order valence-electron chi connectivity index (χ1n) is 5.09. The Morgan fingerprint density at radius 1 is 1.39 bits per heavy atom. The molecule has 0 unspecified atom stereocenters. The van der Waals surface area contributed by atoms with E-state index in [9.17, 15) is 18.0 Å². The minimum absolute atomic E-state index is 0.0518. The van der Waals surface area contributed by atoms with Gasteiger partial charge in [0.2, 0.25) is 0 Å². The molecular weight excluding hydrogens is 249 g/mol. The number of anilines is 1. The topological polar surface area (TPSA) is 68.1 Å². The highest BCUT2D eigenvalue weighted by molar-refractivity contribution is 6.09. The number of hydrogen-bond acceptors (Lipinski definition) is 3. The van der Waals surface area contributed by atoms with Crippen LogP contribution < -0.4 is 5.73 Å². The smallest absolute Gasteiger partial charge is 0.342 e. The van der Waals surface area contributed by atoms with E-state index < -0.39 is 34.3 Å². The van der Waals surface area contributed by atoms with Crippen LogP contribution in [0.3, 0.4) is 0 Å². The Balaban J connectivity index is 2.79. The Kier molecular flexibility index (Phi) is 2.90. The highest BCUT2D eigenvalue weighted by Crippen LogP contribution is 2.30. The number of carbonyl (C=O) groups excluding carboxylic acids is 1. The lowest BCUT2D eigenvalue weighted by atomic mass is 10.1. The third-order valence-corrected chi connectivity index (χ3v) is 2.43. The molecule has 4 nitrogen and oxygen atoms in total. The van der Waals surface area contributed by atoms with Gasteiger partial charge in [-0.15, -0.1) is 0 Å². The maximum atomic E-state index is 13.6. The molecule has 0 spiro atoms. The van der Waals surface area contributed by atoms with Crippen LogP contribution in [0.15, 0.2) is 6.07 Å². The zero-order chi connectivity index (χ0) is 13.4. The van der Waals surface area contributed by atoms with E-state index in [1.54, 1.807) is 6.92 Å². The molecule has 3 N–H and O–H groups in total. The molecule has 0 saturated carbocycles. The number of ether oxygens (including phenoxy) is 1. The van der Waals surface area contributed by atoms with E-state index in [2.05, 4.69) is 9.72 Å². The number of benzene rings is 1. The van der Waals surface area contributed by atoms with Gasteiger partial charge in [-0.1, -0.05) is 0 Å². The van der Waals surface area contributed by atoms with Gasteiger partial charge in [-0.3, -0.25) is 0 Å². The molecule has 0 radical (unpaired) electrons. The van der Waals surface area contributed by atoms with Crippen molar-refractivity contribution in [2.75, 3.05) is 12.3 Å². The second kappa shape index (κ2) is 4.25. The number of halogens is 3. The maximum Gasteiger partial charge on any atom is 0.342 e. The second-order valence-electron chi connectivity index (χ2n) is 3.54. The van der Waals surface area contributed by atoms with E-state index in [1.165, 1.54) is 0 Å². The van der Waals surface area contributed by atoms with Gasteiger partial charge in [-0.05, 0) is 6.92 Å². The van der Waals surface area contributed by atoms with E-state index in [0.29, 0.717) is 6.07 Å². The molecule has 0 amide bonds. The summed E-state index contributed by atoms with van der Waals surface area (Å²) in [6, 6.07) is 0.355. The molecule has 0 saturated heterocycles. The van der Waals surface area contributed by atoms with Crippen LogP contribution >= 0.6 is 0 Å². The number of rotatable bonds is 2. The minimum Gasteiger partial charge on any atom is -0.462 e. The number of nitrogens with two attached hydrogens (primary N) is 1. The lowest BCUT2D eigenvalue weighted by Crippen LogP contribution is -2.07. The molecule has 18 heavy (non-hydrogen) atoms. The van der Waals surface area contributed by atoms with Crippen molar-refractivity contribution in [1.29, 1.82) is 0 Å². The van der Waals surface area contributed by atoms with Gasteiger partial charge in [0.05, 0.1) is 17.5 Å². The number of aromatic amines is 1. The van der Waals surface area contributed by atoms with Crippen LogP contribution in [0.4, 0.5) is 19.0 Å². The fourth-order valence-electron chi connectivity index (χ4n) is 1.70. The molecule has 2 aromatic rings. The van der Waals surface area contributed by atoms with Crippen molar-refractivity contribution in [1.82, 2.24) is 4.98 Å². The quantitative estimate of drug-likeness (QED) is 0.641. The largest absolute Gasteiger partial charge is 0.462 e. The van der Waals surface area contributed by atoms with E-state index in [0.717, 1.165) is 0 Å². The second-order valence-corrected chi connectivity index (χ2v) is 3.54. The average Bonchev–Trinajstić information content (AvgIpc) is 2.64. The van der Waals surface area contributed by atoms with E-state index in [-0.39, 0.29) is 18.0 Å². The average molecular weight is 258 g/mol. The first-order chi connectivity index (χ1) is 8.47. The summed E-state index contributed by atoms with van der Waals surface area (Å²) in [6.07, 6.45) is 0. The Morgan fingerprint density at radius 3 is 2.67 bits per heavy atom. The van der Waals surface area contributed by atoms with Crippen molar-refractivity contribution in [3.63, 3.8) is 0 Å². The van der Waals surface area contributed by atoms with Crippen LogP contribution in [0.2, 0.25) is 0 Å². The van der Waals surface area contributed by atoms with E-state index in [4.69, 9.17) is 5.73 Å². The number of aromatic nitrogens is 1. The van der Waals surface area contributed by atoms with Gasteiger partial charge in [0, 0.05) is 6.07 Å². The Bertz CT molecular complexity index is 637. The van der Waals surface area contributed by atoms with Gasteiger partial charge in [0.15, 0.2) is 11.6 Å². The maximum absolute atomic E-state index is 13.6. The zero-order valence-corrected chi connectivity index (χ0v) is 9.31. The molecule has 1 aromatic heterocycles. The minimum atomic E-state index is -1.36. The third kappa shape index (κ3) is 1.68. The van der Waals surface area contributed by atoms with Crippen LogP contribution in [0.25, 0.3) is 10.9 Å². The number of fused-ring (bicyclic) bond motifs is 1. The van der Waals surface area contributed by atoms with Crippen molar-refractivity contribution < 1.29 is 22.7 Å². The van der Waals surface area contributed by atoms with E-state index in [1.807, 2.05) is 0 Å². The SMILES string of the molecule is CCOC(=O)c1c(N)[nH]c2c(F)c(F)cc(F)c12. The molecule has 1 aromatic carbocycles. The monoisotopic (exact) mass is 258 g/mol. The molecule has 1 heterocycles. The van der Waals surface area contributed by atoms with Crippen LogP contribution in [-0.4, -0.2) is 17.6 Å². The fraction of sp³-hybridized carbons (Fsp3) is 0.182. The first-order valence-corrected chi connectivity index (χ1v) is 5.09.